The van der Waals surface area contributed by atoms with E-state index in [0.717, 1.165) is 18.6 Å². The van der Waals surface area contributed by atoms with E-state index in [-0.39, 0.29) is 75.6 Å². The number of ether oxygens (including phenoxy) is 1. The van der Waals surface area contributed by atoms with Gasteiger partial charge in [0.1, 0.15) is 35.6 Å². The van der Waals surface area contributed by atoms with Crippen LogP contribution in [-0.4, -0.2) is 151 Å². The number of aromatic nitrogens is 6. The van der Waals surface area contributed by atoms with Crippen molar-refractivity contribution in [3.63, 3.8) is 0 Å². The van der Waals surface area contributed by atoms with Crippen LogP contribution >= 0.6 is 0 Å². The normalized spacial score (nSPS) is 12.0. The van der Waals surface area contributed by atoms with Gasteiger partial charge in [0.2, 0.25) is 35.4 Å². The molecule has 0 bridgehead atoms. The number of rotatable bonds is 33. The Morgan fingerprint density at radius 2 is 0.831 bits per heavy atom. The fourth-order valence-corrected chi connectivity index (χ4v) is 6.50. The lowest BCUT2D eigenvalue weighted by molar-refractivity contribution is -0.140. The molecule has 6 amide bonds. The highest BCUT2D eigenvalue weighted by atomic mass is 16.5. The van der Waals surface area contributed by atoms with Gasteiger partial charge in [0.25, 0.3) is 0 Å². The van der Waals surface area contributed by atoms with Crippen molar-refractivity contribution in [3.8, 4) is 0 Å². The highest BCUT2D eigenvalue weighted by Gasteiger charge is 2.24. The quantitative estimate of drug-likeness (QED) is 0.0169. The van der Waals surface area contributed by atoms with Gasteiger partial charge in [-0.2, -0.15) is 15.0 Å². The molecule has 0 unspecified atom stereocenters. The molecular formula is C42H63N15O14. The van der Waals surface area contributed by atoms with Gasteiger partial charge in [-0.15, -0.1) is 14.2 Å². The van der Waals surface area contributed by atoms with Gasteiger partial charge in [0.05, 0.1) is 32.1 Å². The van der Waals surface area contributed by atoms with E-state index in [1.165, 1.54) is 32.2 Å². The second-order valence-electron chi connectivity index (χ2n) is 15.8. The van der Waals surface area contributed by atoms with Gasteiger partial charge in [0.15, 0.2) is 0 Å². The fraction of sp³-hybridized carbons (Fsp3) is 0.548. The summed E-state index contributed by atoms with van der Waals surface area (Å²) in [6.45, 7) is 1.90. The van der Waals surface area contributed by atoms with Crippen molar-refractivity contribution < 1.29 is 53.9 Å². The lowest BCUT2D eigenvalue weighted by atomic mass is 10.1. The van der Waals surface area contributed by atoms with Crippen LogP contribution in [0.1, 0.15) is 84.0 Å². The SMILES string of the molecule is COC(=O)CCNC(=O)[C@H](CCCCNc1ccn(O)c(=O)n1)NC(=O)CCNC(=O)[C@H](CCCCNc1ccn(O)c(=O)n1)NC(=O)CCNC(=O)[C@H](CCCCNc1ccn(O)c(=O)n1)NC(C)=O. The third kappa shape index (κ3) is 22.6. The molecule has 0 fully saturated rings. The molecule has 0 saturated carbocycles. The highest BCUT2D eigenvalue weighted by molar-refractivity contribution is 5.90. The third-order valence-electron chi connectivity index (χ3n) is 10.2. The smallest absolute Gasteiger partial charge is 0.382 e. The van der Waals surface area contributed by atoms with E-state index in [2.05, 4.69) is 67.5 Å². The van der Waals surface area contributed by atoms with E-state index >= 15 is 0 Å². The Morgan fingerprint density at radius 3 is 1.14 bits per heavy atom. The number of hydrogen-bond donors (Lipinski definition) is 12. The molecule has 0 aliphatic heterocycles. The molecule has 3 rings (SSSR count). The third-order valence-corrected chi connectivity index (χ3v) is 10.2. The molecule has 3 aromatic heterocycles. The zero-order valence-corrected chi connectivity index (χ0v) is 39.4. The monoisotopic (exact) mass is 1000 g/mol. The van der Waals surface area contributed by atoms with E-state index < -0.39 is 76.6 Å². The van der Waals surface area contributed by atoms with Crippen molar-refractivity contribution in [2.75, 3.05) is 62.3 Å². The lowest BCUT2D eigenvalue weighted by Gasteiger charge is -2.20. The van der Waals surface area contributed by atoms with Crippen LogP contribution in [0.4, 0.5) is 17.5 Å². The number of carbonyl (C=O) groups is 7. The van der Waals surface area contributed by atoms with Gasteiger partial charge in [0, 0.05) is 77.2 Å². The molecule has 0 aliphatic carbocycles. The van der Waals surface area contributed by atoms with Crippen molar-refractivity contribution in [1.82, 2.24) is 61.0 Å². The van der Waals surface area contributed by atoms with Gasteiger partial charge in [-0.05, 0) is 57.8 Å². The molecule has 29 heteroatoms. The minimum Gasteiger partial charge on any atom is -0.469 e. The van der Waals surface area contributed by atoms with Crippen molar-refractivity contribution in [2.24, 2.45) is 0 Å². The maximum Gasteiger partial charge on any atom is 0.382 e. The van der Waals surface area contributed by atoms with Crippen molar-refractivity contribution in [3.05, 3.63) is 68.2 Å². The topological polar surface area (TPSA) is 402 Å². The molecule has 3 heterocycles. The first-order valence-corrected chi connectivity index (χ1v) is 22.8. The summed E-state index contributed by atoms with van der Waals surface area (Å²) < 4.78 is 5.58. The molecule has 0 aliphatic rings. The Morgan fingerprint density at radius 1 is 0.507 bits per heavy atom. The number of carbonyl (C=O) groups excluding carboxylic acids is 7. The number of nitrogens with one attached hydrogen (secondary N) is 9. The van der Waals surface area contributed by atoms with Crippen LogP contribution in [0.25, 0.3) is 0 Å². The Bertz CT molecular complexity index is 2430. The molecular weight excluding hydrogens is 939 g/mol. The Balaban J connectivity index is 1.54. The molecule has 390 valence electrons. The first kappa shape index (κ1) is 57.1. The summed E-state index contributed by atoms with van der Waals surface area (Å²) in [4.78, 5) is 135. The largest absolute Gasteiger partial charge is 0.469 e. The first-order chi connectivity index (χ1) is 33.9. The molecule has 12 N–H and O–H groups in total. The Kier molecular flexibility index (Phi) is 24.9. The molecule has 3 atom stereocenters. The van der Waals surface area contributed by atoms with Crippen LogP contribution in [0, 0.1) is 0 Å². The number of amides is 6. The second kappa shape index (κ2) is 31.0. The van der Waals surface area contributed by atoms with Crippen LogP contribution < -0.4 is 64.9 Å². The Labute approximate surface area is 405 Å². The summed E-state index contributed by atoms with van der Waals surface area (Å²) in [6.07, 6.45) is 6.05. The molecule has 3 aromatic rings. The summed E-state index contributed by atoms with van der Waals surface area (Å²) in [5.74, 6) is -3.21. The highest BCUT2D eigenvalue weighted by Crippen LogP contribution is 2.08. The number of hydrogen-bond acceptors (Lipinski definition) is 20. The van der Waals surface area contributed by atoms with Gasteiger partial charge < -0.3 is 68.2 Å². The summed E-state index contributed by atoms with van der Waals surface area (Å²) in [7, 11) is 1.21. The molecule has 0 radical (unpaired) electrons. The predicted octanol–water partition coefficient (Wildman–Crippen LogP) is -2.62. The van der Waals surface area contributed by atoms with Crippen LogP contribution in [0.5, 0.6) is 0 Å². The van der Waals surface area contributed by atoms with Gasteiger partial charge in [-0.1, -0.05) is 0 Å². The van der Waals surface area contributed by atoms with E-state index in [0.29, 0.717) is 72.4 Å². The average molecular weight is 1000 g/mol. The Hall–Kier alpha value is -8.27. The van der Waals surface area contributed by atoms with Gasteiger partial charge in [-0.25, -0.2) is 14.4 Å². The number of anilines is 3. The zero-order valence-electron chi connectivity index (χ0n) is 39.4. The fourth-order valence-electron chi connectivity index (χ4n) is 6.50. The maximum atomic E-state index is 13.5. The van der Waals surface area contributed by atoms with Gasteiger partial charge >= 0.3 is 23.0 Å². The van der Waals surface area contributed by atoms with Gasteiger partial charge in [-0.3, -0.25) is 33.6 Å². The first-order valence-electron chi connectivity index (χ1n) is 22.8. The second-order valence-corrected chi connectivity index (χ2v) is 15.8. The van der Waals surface area contributed by atoms with E-state index in [1.54, 1.807) is 0 Å². The van der Waals surface area contributed by atoms with E-state index in [4.69, 9.17) is 0 Å². The zero-order chi connectivity index (χ0) is 52.1. The lowest BCUT2D eigenvalue weighted by Crippen LogP contribution is -2.50. The average Bonchev–Trinajstić information content (AvgIpc) is 3.32. The molecule has 0 spiro atoms. The predicted molar refractivity (Wildman–Crippen MR) is 250 cm³/mol. The van der Waals surface area contributed by atoms with E-state index in [1.807, 2.05) is 0 Å². The summed E-state index contributed by atoms with van der Waals surface area (Å²) in [6, 6.07) is 1.15. The number of methoxy groups -OCH3 is 1. The van der Waals surface area contributed by atoms with Crippen LogP contribution in [0.3, 0.4) is 0 Å². The maximum absolute atomic E-state index is 13.5. The summed E-state index contributed by atoms with van der Waals surface area (Å²) >= 11 is 0. The number of unbranched alkanes of at least 4 members (excludes halogenated alkanes) is 3. The molecule has 0 saturated heterocycles. The number of esters is 1. The standard InChI is InChI=1S/C42H63N15O14/c1-27(58)49-28(9-3-6-18-43-31-15-24-55(68)40(65)52-31)37(62)46-21-12-34(59)50-29(10-4-7-19-44-32-16-25-56(69)41(66)53-32)38(63)47-22-13-35(60)51-30(39(64)48-23-14-36(61)71-2)11-5-8-20-45-33-17-26-57(70)42(67)54-33/h15-17,24-26,28-30,68-70H,3-14,18-23H2,1-2H3,(H,46,62)(H,47,63)(H,48,64)(H,49,58)(H,50,59)(H,51,60)(H,43,52,65)(H,44,53,66)(H,45,54,67)/t28-,29-,30-/m0/s1. The molecule has 0 aromatic carbocycles. The van der Waals surface area contributed by atoms with Crippen molar-refractivity contribution >= 4 is 58.9 Å². The van der Waals surface area contributed by atoms with E-state index in [9.17, 15) is 63.6 Å². The summed E-state index contributed by atoms with van der Waals surface area (Å²) in [5, 5.41) is 52.5. The van der Waals surface area contributed by atoms with Crippen LogP contribution in [0.2, 0.25) is 0 Å². The molecule has 71 heavy (non-hydrogen) atoms. The molecule has 29 nitrogen and oxygen atoms in total. The van der Waals surface area contributed by atoms with Crippen molar-refractivity contribution in [1.29, 1.82) is 0 Å². The van der Waals surface area contributed by atoms with Crippen LogP contribution in [-0.2, 0) is 38.3 Å². The minimum absolute atomic E-state index is 0.0495. The number of nitrogens with zero attached hydrogens (tertiary/aromatic N) is 6. The van der Waals surface area contributed by atoms with Crippen molar-refractivity contribution in [2.45, 2.75) is 102 Å². The minimum atomic E-state index is -1.09. The summed E-state index contributed by atoms with van der Waals surface area (Å²) in [5.41, 5.74) is -2.61. The van der Waals surface area contributed by atoms with Crippen LogP contribution in [0.15, 0.2) is 51.2 Å².